The molecule has 3 fully saturated rings. The summed E-state index contributed by atoms with van der Waals surface area (Å²) < 4.78 is 66.7. The first kappa shape index (κ1) is 30.1. The Morgan fingerprint density at radius 1 is 1.12 bits per heavy atom. The average molecular weight is 587 g/mol. The van der Waals surface area contributed by atoms with E-state index in [4.69, 9.17) is 0 Å². The molecule has 0 aromatic heterocycles. The maximum Gasteiger partial charge on any atom is 0.416 e. The van der Waals surface area contributed by atoms with Crippen LogP contribution in [0.3, 0.4) is 0 Å². The van der Waals surface area contributed by atoms with Gasteiger partial charge in [0.15, 0.2) is 0 Å². The predicted molar refractivity (Wildman–Crippen MR) is 142 cm³/mol. The van der Waals surface area contributed by atoms with Crippen LogP contribution in [0.15, 0.2) is 24.3 Å². The Kier molecular flexibility index (Phi) is 7.94. The lowest BCUT2D eigenvalue weighted by atomic mass is 9.85. The van der Waals surface area contributed by atoms with Gasteiger partial charge in [-0.25, -0.2) is 8.42 Å². The molecule has 222 valence electrons. The summed E-state index contributed by atoms with van der Waals surface area (Å²) in [6, 6.07) is 2.75. The molecule has 1 aromatic rings. The van der Waals surface area contributed by atoms with E-state index in [2.05, 4.69) is 15.4 Å². The van der Waals surface area contributed by atoms with Crippen LogP contribution in [0.5, 0.6) is 0 Å². The molecule has 0 bridgehead atoms. The normalized spacial score (nSPS) is 25.7. The largest absolute Gasteiger partial charge is 0.416 e. The van der Waals surface area contributed by atoms with Crippen LogP contribution in [0.1, 0.15) is 71.8 Å². The summed E-state index contributed by atoms with van der Waals surface area (Å²) in [5.41, 5.74) is -2.81. The Labute approximate surface area is 232 Å². The van der Waals surface area contributed by atoms with Gasteiger partial charge in [0.25, 0.3) is 5.91 Å². The van der Waals surface area contributed by atoms with Crippen LogP contribution >= 0.6 is 0 Å². The molecular formula is C27H37F3N4O5S. The highest BCUT2D eigenvalue weighted by Crippen LogP contribution is 2.47. The predicted octanol–water partition coefficient (Wildman–Crippen LogP) is 3.42. The second-order valence-corrected chi connectivity index (χ2v) is 14.1. The monoisotopic (exact) mass is 586 g/mol. The molecule has 1 saturated heterocycles. The van der Waals surface area contributed by atoms with Crippen molar-refractivity contribution in [2.45, 2.75) is 95.3 Å². The second kappa shape index (κ2) is 10.5. The lowest BCUT2D eigenvalue weighted by Crippen LogP contribution is -2.58. The van der Waals surface area contributed by atoms with E-state index in [1.807, 2.05) is 6.92 Å². The van der Waals surface area contributed by atoms with Crippen molar-refractivity contribution < 1.29 is 36.0 Å². The number of carbonyl (C=O) groups is 3. The van der Waals surface area contributed by atoms with Crippen molar-refractivity contribution in [1.82, 2.24) is 14.9 Å². The lowest BCUT2D eigenvalue weighted by Gasteiger charge is -2.36. The van der Waals surface area contributed by atoms with E-state index in [0.29, 0.717) is 38.5 Å². The van der Waals surface area contributed by atoms with Crippen molar-refractivity contribution in [3.8, 4) is 0 Å². The average Bonchev–Trinajstić information content (AvgIpc) is 3.77. The molecule has 2 saturated carbocycles. The van der Waals surface area contributed by atoms with Gasteiger partial charge < -0.3 is 15.5 Å². The number of likely N-dealkylation sites (tertiary alicyclic amines) is 1. The summed E-state index contributed by atoms with van der Waals surface area (Å²) in [6.07, 6.45) is -1.86. The molecular weight excluding hydrogens is 549 g/mol. The molecule has 2 aliphatic carbocycles. The molecule has 0 spiro atoms. The molecule has 1 aliphatic heterocycles. The Morgan fingerprint density at radius 3 is 2.35 bits per heavy atom. The number of halogens is 3. The first-order valence-electron chi connectivity index (χ1n) is 13.6. The van der Waals surface area contributed by atoms with Crippen LogP contribution in [0.25, 0.3) is 0 Å². The molecule has 4 rings (SSSR count). The molecule has 40 heavy (non-hydrogen) atoms. The zero-order valence-corrected chi connectivity index (χ0v) is 23.9. The maximum absolute atomic E-state index is 13.8. The summed E-state index contributed by atoms with van der Waals surface area (Å²) in [5, 5.41) is 5.13. The summed E-state index contributed by atoms with van der Waals surface area (Å²) in [7, 11) is -3.80. The van der Waals surface area contributed by atoms with Crippen molar-refractivity contribution in [3.63, 3.8) is 0 Å². The van der Waals surface area contributed by atoms with Crippen LogP contribution in [0.4, 0.5) is 18.9 Å². The summed E-state index contributed by atoms with van der Waals surface area (Å²) in [4.78, 5) is 41.8. The third kappa shape index (κ3) is 6.23. The zero-order valence-electron chi connectivity index (χ0n) is 23.1. The van der Waals surface area contributed by atoms with Gasteiger partial charge in [0.1, 0.15) is 17.6 Å². The maximum atomic E-state index is 13.8. The van der Waals surface area contributed by atoms with Gasteiger partial charge in [0.05, 0.1) is 10.8 Å². The lowest BCUT2D eigenvalue weighted by molar-refractivity contribution is -0.141. The number of nitrogens with one attached hydrogen (secondary N) is 3. The number of hydrogen-bond donors (Lipinski definition) is 3. The fraction of sp³-hybridized carbons (Fsp3) is 0.667. The molecule has 3 N–H and O–H groups in total. The molecule has 3 amide bonds. The van der Waals surface area contributed by atoms with E-state index in [1.54, 1.807) is 20.8 Å². The minimum atomic E-state index is -4.55. The third-order valence-electron chi connectivity index (χ3n) is 8.00. The van der Waals surface area contributed by atoms with Crippen molar-refractivity contribution in [2.75, 3.05) is 11.9 Å². The van der Waals surface area contributed by atoms with Gasteiger partial charge in [0.2, 0.25) is 21.8 Å². The Bertz CT molecular complexity index is 1280. The third-order valence-corrected chi connectivity index (χ3v) is 9.82. The van der Waals surface area contributed by atoms with Gasteiger partial charge in [-0.1, -0.05) is 40.2 Å². The standard InChI is InChI=1S/C27H37F3N4O5S/c1-5-16-15-26(16,24(37)33-40(38,39)19-11-12-19)32-22(35)20-10-7-13-34(20)23(36)21(25(2,3)4)31-18-9-6-8-17(14-18)27(28,29)30/h6,8-9,14,16,19-21,31H,5,7,10-13,15H2,1-4H3,(H,32,35)(H,33,37)/t16?,20?,21-,26?/m1/s1. The number of benzene rings is 1. The molecule has 1 aromatic carbocycles. The van der Waals surface area contributed by atoms with E-state index in [-0.39, 0.29) is 18.2 Å². The summed E-state index contributed by atoms with van der Waals surface area (Å²) in [5.74, 6) is -1.98. The summed E-state index contributed by atoms with van der Waals surface area (Å²) >= 11 is 0. The number of rotatable bonds is 9. The van der Waals surface area contributed by atoms with E-state index in [1.165, 1.54) is 17.0 Å². The number of nitrogens with zero attached hydrogens (tertiary/aromatic N) is 1. The summed E-state index contributed by atoms with van der Waals surface area (Å²) in [6.45, 7) is 7.44. The van der Waals surface area contributed by atoms with Gasteiger partial charge in [-0.3, -0.25) is 19.1 Å². The van der Waals surface area contributed by atoms with E-state index in [0.717, 1.165) is 12.1 Å². The van der Waals surface area contributed by atoms with E-state index < -0.39 is 67.8 Å². The Hall–Kier alpha value is -2.83. The van der Waals surface area contributed by atoms with Gasteiger partial charge in [-0.2, -0.15) is 13.2 Å². The highest BCUT2D eigenvalue weighted by Gasteiger charge is 2.62. The fourth-order valence-electron chi connectivity index (χ4n) is 5.37. The van der Waals surface area contributed by atoms with Crippen LogP contribution in [-0.4, -0.2) is 60.5 Å². The number of alkyl halides is 3. The zero-order chi connectivity index (χ0) is 29.7. The number of anilines is 1. The minimum absolute atomic E-state index is 0.125. The number of carbonyl (C=O) groups excluding carboxylic acids is 3. The highest BCUT2D eigenvalue weighted by atomic mass is 32.2. The number of sulfonamides is 1. The van der Waals surface area contributed by atoms with Crippen LogP contribution < -0.4 is 15.4 Å². The number of hydrogen-bond acceptors (Lipinski definition) is 6. The smallest absolute Gasteiger partial charge is 0.373 e. The molecule has 13 heteroatoms. The van der Waals surface area contributed by atoms with Gasteiger partial charge in [-0.05, 0) is 61.6 Å². The molecule has 3 unspecified atom stereocenters. The van der Waals surface area contributed by atoms with Crippen LogP contribution in [-0.2, 0) is 30.6 Å². The first-order chi connectivity index (χ1) is 18.5. The van der Waals surface area contributed by atoms with E-state index in [9.17, 15) is 36.0 Å². The van der Waals surface area contributed by atoms with Crippen molar-refractivity contribution in [3.05, 3.63) is 29.8 Å². The quantitative estimate of drug-likeness (QED) is 0.408. The topological polar surface area (TPSA) is 125 Å². The SMILES string of the molecule is CCC1CC1(NC(=O)C1CCCN1C(=O)[C@@H](Nc1cccc(C(F)(F)F)c1)C(C)(C)C)C(=O)NS(=O)(=O)C1CC1. The molecule has 0 radical (unpaired) electrons. The van der Waals surface area contributed by atoms with E-state index >= 15 is 0 Å². The molecule has 4 atom stereocenters. The van der Waals surface area contributed by atoms with Crippen molar-refractivity contribution in [1.29, 1.82) is 0 Å². The number of amides is 3. The molecule has 1 heterocycles. The molecule has 3 aliphatic rings. The van der Waals surface area contributed by atoms with Crippen LogP contribution in [0, 0.1) is 11.3 Å². The molecule has 9 nitrogen and oxygen atoms in total. The van der Waals surface area contributed by atoms with Gasteiger partial charge in [-0.15, -0.1) is 0 Å². The van der Waals surface area contributed by atoms with Gasteiger partial charge in [0, 0.05) is 12.2 Å². The highest BCUT2D eigenvalue weighted by molar-refractivity contribution is 7.91. The van der Waals surface area contributed by atoms with Crippen molar-refractivity contribution >= 4 is 33.4 Å². The van der Waals surface area contributed by atoms with Crippen molar-refractivity contribution in [2.24, 2.45) is 11.3 Å². The second-order valence-electron chi connectivity index (χ2n) is 12.2. The van der Waals surface area contributed by atoms with Gasteiger partial charge >= 0.3 is 6.18 Å². The fourth-order valence-corrected chi connectivity index (χ4v) is 6.73. The first-order valence-corrected chi connectivity index (χ1v) is 15.2. The van der Waals surface area contributed by atoms with Crippen LogP contribution in [0.2, 0.25) is 0 Å². The Morgan fingerprint density at radius 2 is 1.80 bits per heavy atom. The minimum Gasteiger partial charge on any atom is -0.373 e. The Balaban J connectivity index is 1.51.